The quantitative estimate of drug-likeness (QED) is 0.198. The van der Waals surface area contributed by atoms with Crippen molar-refractivity contribution < 1.29 is 4.57 Å². The molecular weight excluding hydrogens is 563 g/mol. The van der Waals surface area contributed by atoms with Gasteiger partial charge in [-0.2, -0.15) is 14.8 Å². The summed E-state index contributed by atoms with van der Waals surface area (Å²) in [4.78, 5) is 11.0. The smallest absolute Gasteiger partial charge is 0.236 e. The van der Waals surface area contributed by atoms with Crippen molar-refractivity contribution in [3.05, 3.63) is 90.8 Å². The van der Waals surface area contributed by atoms with Crippen LogP contribution in [-0.4, -0.2) is 54.9 Å². The summed E-state index contributed by atoms with van der Waals surface area (Å²) < 4.78 is 5.15. The number of pyridine rings is 3. The normalized spacial score (nSPS) is 11.3. The van der Waals surface area contributed by atoms with Gasteiger partial charge >= 0.3 is 0 Å². The highest BCUT2D eigenvalue weighted by Crippen LogP contribution is 2.30. The lowest BCUT2D eigenvalue weighted by Gasteiger charge is -2.14. The molecule has 12 nitrogen and oxygen atoms in total. The monoisotopic (exact) mass is 579 g/mol. The first-order chi connectivity index (χ1) is 19.2. The molecule has 0 radical (unpaired) electrons. The fourth-order valence-electron chi connectivity index (χ4n) is 4.15. The number of halogens is 3. The van der Waals surface area contributed by atoms with Crippen LogP contribution in [-0.2, 0) is 17.6 Å². The van der Waals surface area contributed by atoms with Crippen LogP contribution in [0.3, 0.4) is 0 Å². The zero-order valence-corrected chi connectivity index (χ0v) is 22.3. The molecule has 6 heterocycles. The number of rotatable bonds is 8. The van der Waals surface area contributed by atoms with Crippen molar-refractivity contribution in [2.24, 2.45) is 0 Å². The van der Waals surface area contributed by atoms with Crippen molar-refractivity contribution in [2.45, 2.75) is 17.6 Å². The van der Waals surface area contributed by atoms with Gasteiger partial charge in [-0.05, 0) is 17.7 Å². The highest BCUT2D eigenvalue weighted by atomic mass is 35.5. The van der Waals surface area contributed by atoms with Gasteiger partial charge < -0.3 is 0 Å². The molecule has 0 spiro atoms. The molecule has 6 rings (SSSR count). The number of nitrogens with zero attached hydrogens (tertiary/aromatic N) is 12. The lowest BCUT2D eigenvalue weighted by molar-refractivity contribution is -0.603. The van der Waals surface area contributed by atoms with Crippen LogP contribution < -0.4 is 4.57 Å². The summed E-state index contributed by atoms with van der Waals surface area (Å²) in [7, 11) is 0. The molecule has 0 N–H and O–H groups in total. The van der Waals surface area contributed by atoms with Crippen LogP contribution in [0.2, 0.25) is 0 Å². The Morgan fingerprint density at radius 2 is 1.56 bits per heavy atom. The van der Waals surface area contributed by atoms with Crippen molar-refractivity contribution >= 4 is 34.8 Å². The second-order valence-electron chi connectivity index (χ2n) is 8.18. The summed E-state index contributed by atoms with van der Waals surface area (Å²) in [5.74, 6) is 1.09. The molecule has 0 aliphatic carbocycles. The molecule has 15 heteroatoms. The fraction of sp³-hybridized carbons (Fsp3) is 0.125. The van der Waals surface area contributed by atoms with Crippen LogP contribution >= 0.6 is 34.8 Å². The molecule has 39 heavy (non-hydrogen) atoms. The summed E-state index contributed by atoms with van der Waals surface area (Å²) in [5.41, 5.74) is 5.58. The highest BCUT2D eigenvalue weighted by molar-refractivity contribution is 6.18. The highest BCUT2D eigenvalue weighted by Gasteiger charge is 2.28. The van der Waals surface area contributed by atoms with Crippen molar-refractivity contribution in [2.75, 3.05) is 0 Å². The van der Waals surface area contributed by atoms with E-state index in [4.69, 9.17) is 39.8 Å². The average Bonchev–Trinajstić information content (AvgIpc) is 3.79. The van der Waals surface area contributed by atoms with Gasteiger partial charge in [-0.1, -0.05) is 16.5 Å². The Morgan fingerprint density at radius 3 is 2.23 bits per heavy atom. The van der Waals surface area contributed by atoms with Crippen molar-refractivity contribution in [3.8, 4) is 34.1 Å². The Hall–Kier alpha value is -4.26. The van der Waals surface area contributed by atoms with E-state index in [2.05, 4.69) is 35.8 Å². The minimum atomic E-state index is 0.135. The summed E-state index contributed by atoms with van der Waals surface area (Å²) in [6, 6.07) is 7.59. The first kappa shape index (κ1) is 25.0. The van der Waals surface area contributed by atoms with E-state index in [1.165, 1.54) is 4.80 Å². The number of hydrogen-bond donors (Lipinski definition) is 0. The molecule has 0 fully saturated rings. The minimum Gasteiger partial charge on any atom is -0.251 e. The van der Waals surface area contributed by atoms with Gasteiger partial charge in [-0.3, -0.25) is 4.98 Å². The van der Waals surface area contributed by atoms with Crippen LogP contribution in [0.15, 0.2) is 73.8 Å². The number of aromatic nitrogens is 12. The van der Waals surface area contributed by atoms with Crippen molar-refractivity contribution in [3.63, 3.8) is 0 Å². The van der Waals surface area contributed by atoms with E-state index in [-0.39, 0.29) is 17.6 Å². The van der Waals surface area contributed by atoms with Gasteiger partial charge in [0, 0.05) is 11.9 Å². The average molecular weight is 581 g/mol. The summed E-state index contributed by atoms with van der Waals surface area (Å²) in [5, 5.41) is 24.6. The fourth-order valence-corrected chi connectivity index (χ4v) is 4.85. The van der Waals surface area contributed by atoms with Gasteiger partial charge in [0.1, 0.15) is 22.9 Å². The molecule has 0 aliphatic rings. The third kappa shape index (κ3) is 4.73. The van der Waals surface area contributed by atoms with Crippen LogP contribution in [0.5, 0.6) is 0 Å². The van der Waals surface area contributed by atoms with E-state index >= 15 is 0 Å². The minimum absolute atomic E-state index is 0.135. The van der Waals surface area contributed by atoms with Gasteiger partial charge in [-0.15, -0.1) is 49.8 Å². The Labute approximate surface area is 236 Å². The molecule has 0 saturated carbocycles. The molecule has 0 saturated heterocycles. The van der Waals surface area contributed by atoms with Gasteiger partial charge in [0.05, 0.1) is 60.5 Å². The van der Waals surface area contributed by atoms with Crippen LogP contribution in [0, 0.1) is 0 Å². The Morgan fingerprint density at radius 1 is 0.795 bits per heavy atom. The summed E-state index contributed by atoms with van der Waals surface area (Å²) in [6.07, 6.45) is 13.4. The van der Waals surface area contributed by atoms with Crippen LogP contribution in [0.4, 0.5) is 0 Å². The third-order valence-corrected chi connectivity index (χ3v) is 6.75. The second kappa shape index (κ2) is 10.8. The maximum absolute atomic E-state index is 6.66. The third-order valence-electron chi connectivity index (χ3n) is 5.96. The van der Waals surface area contributed by atoms with E-state index in [0.29, 0.717) is 34.3 Å². The van der Waals surface area contributed by atoms with Gasteiger partial charge in [0.15, 0.2) is 5.82 Å². The molecule has 194 valence electrons. The van der Waals surface area contributed by atoms with Gasteiger partial charge in [0.2, 0.25) is 17.6 Å². The standard InChI is InChI=1S/C24H18Cl3N12/c25-11-16-1-2-23(38-8-6-30-35-38)33-24(16)19-9-18(37-7-5-29-34-37)15-36(22(19)13-27)21-10-17(14-28-20(21)12-26)39-31-3-4-32-39/h1-10,14-15H,11-13H2/q+1. The first-order valence-electron chi connectivity index (χ1n) is 11.6. The zero-order chi connectivity index (χ0) is 26.8. The molecule has 0 atom stereocenters. The first-order valence-corrected chi connectivity index (χ1v) is 13.2. The Balaban J connectivity index is 1.65. The Bertz CT molecular complexity index is 1610. The zero-order valence-electron chi connectivity index (χ0n) is 20.0. The predicted molar refractivity (Wildman–Crippen MR) is 142 cm³/mol. The maximum Gasteiger partial charge on any atom is 0.236 e. The topological polar surface area (TPSA) is 122 Å². The lowest BCUT2D eigenvalue weighted by atomic mass is 10.0. The SMILES string of the molecule is ClCc1ccc(-n2ccnn2)nc1-c1cc(-n2ccnn2)c[n+](-c2cc(-n3nccn3)cnc2CCl)c1CCl. The van der Waals surface area contributed by atoms with E-state index in [0.717, 1.165) is 16.8 Å². The number of alkyl halides is 3. The summed E-state index contributed by atoms with van der Waals surface area (Å²) in [6.45, 7) is 0. The van der Waals surface area contributed by atoms with Crippen molar-refractivity contribution in [1.29, 1.82) is 0 Å². The second-order valence-corrected chi connectivity index (χ2v) is 8.98. The van der Waals surface area contributed by atoms with Crippen LogP contribution in [0.25, 0.3) is 34.1 Å². The van der Waals surface area contributed by atoms with E-state index in [1.807, 2.05) is 35.0 Å². The maximum atomic E-state index is 6.66. The molecular formula is C24H18Cl3N12+. The molecule has 0 bridgehead atoms. The van der Waals surface area contributed by atoms with Crippen LogP contribution in [0.1, 0.15) is 17.0 Å². The van der Waals surface area contributed by atoms with E-state index in [1.54, 1.807) is 52.7 Å². The Kier molecular flexibility index (Phi) is 6.97. The molecule has 6 aromatic rings. The predicted octanol–water partition coefficient (Wildman–Crippen LogP) is 3.38. The molecule has 0 amide bonds. The molecule has 6 aromatic heterocycles. The number of hydrogen-bond acceptors (Lipinski definition) is 8. The summed E-state index contributed by atoms with van der Waals surface area (Å²) >= 11 is 19.4. The molecule has 0 aromatic carbocycles. The van der Waals surface area contributed by atoms with Crippen molar-refractivity contribution in [1.82, 2.24) is 54.9 Å². The largest absolute Gasteiger partial charge is 0.251 e. The lowest BCUT2D eigenvalue weighted by Crippen LogP contribution is -2.38. The molecule has 0 unspecified atom stereocenters. The van der Waals surface area contributed by atoms with Gasteiger partial charge in [0.25, 0.3) is 0 Å². The van der Waals surface area contributed by atoms with E-state index < -0.39 is 0 Å². The van der Waals surface area contributed by atoms with E-state index in [9.17, 15) is 0 Å². The molecule has 0 aliphatic heterocycles. The van der Waals surface area contributed by atoms with Gasteiger partial charge in [-0.25, -0.2) is 14.3 Å².